The van der Waals surface area contributed by atoms with Crippen LogP contribution in [0.1, 0.15) is 0 Å². The molecule has 184 valence electrons. The van der Waals surface area contributed by atoms with E-state index in [2.05, 4.69) is 140 Å². The monoisotopic (exact) mass is 505 g/mol. The van der Waals surface area contributed by atoms with Crippen molar-refractivity contribution in [3.8, 4) is 22.4 Å². The first-order chi connectivity index (χ1) is 19.8. The molecule has 0 aliphatic heterocycles. The van der Waals surface area contributed by atoms with Crippen LogP contribution >= 0.6 is 0 Å². The number of nitrogens with zero attached hydrogens (tertiary/aromatic N) is 1. The molecule has 8 aromatic carbocycles. The van der Waals surface area contributed by atoms with Crippen molar-refractivity contribution in [1.82, 2.24) is 4.98 Å². The highest BCUT2D eigenvalue weighted by atomic mass is 14.7. The number of aromatic nitrogens is 1. The fourth-order valence-electron chi connectivity index (χ4n) is 6.75. The number of pyridine rings is 1. The maximum absolute atomic E-state index is 5.33. The van der Waals surface area contributed by atoms with Gasteiger partial charge in [0.2, 0.25) is 0 Å². The van der Waals surface area contributed by atoms with Crippen LogP contribution in [0.15, 0.2) is 140 Å². The molecule has 1 nitrogen and oxygen atoms in total. The van der Waals surface area contributed by atoms with Crippen molar-refractivity contribution in [2.75, 3.05) is 0 Å². The van der Waals surface area contributed by atoms with Gasteiger partial charge in [-0.15, -0.1) is 0 Å². The Morgan fingerprint density at radius 2 is 1.00 bits per heavy atom. The summed E-state index contributed by atoms with van der Waals surface area (Å²) in [6.45, 7) is 0. The molecule has 40 heavy (non-hydrogen) atoms. The molecule has 0 amide bonds. The van der Waals surface area contributed by atoms with E-state index in [1.54, 1.807) is 0 Å². The second-order valence-electron chi connectivity index (χ2n) is 10.7. The molecule has 0 saturated carbocycles. The zero-order valence-electron chi connectivity index (χ0n) is 21.7. The molecule has 0 fully saturated rings. The molecule has 0 atom stereocenters. The van der Waals surface area contributed by atoms with Gasteiger partial charge < -0.3 is 0 Å². The van der Waals surface area contributed by atoms with Gasteiger partial charge in [0.05, 0.1) is 11.2 Å². The second-order valence-corrected chi connectivity index (χ2v) is 10.7. The number of fused-ring (bicyclic) bond motifs is 5. The maximum atomic E-state index is 5.33. The zero-order valence-corrected chi connectivity index (χ0v) is 21.7. The summed E-state index contributed by atoms with van der Waals surface area (Å²) >= 11 is 0. The van der Waals surface area contributed by atoms with Crippen molar-refractivity contribution in [3.63, 3.8) is 0 Å². The van der Waals surface area contributed by atoms with Crippen LogP contribution in [0.3, 0.4) is 0 Å². The highest BCUT2D eigenvalue weighted by molar-refractivity contribution is 6.26. The van der Waals surface area contributed by atoms with Gasteiger partial charge in [-0.1, -0.05) is 133 Å². The first kappa shape index (κ1) is 21.6. The highest BCUT2D eigenvalue weighted by Gasteiger charge is 2.16. The Bertz CT molecular complexity index is 2400. The van der Waals surface area contributed by atoms with E-state index in [0.29, 0.717) is 0 Å². The highest BCUT2D eigenvalue weighted by Crippen LogP contribution is 2.42. The van der Waals surface area contributed by atoms with Crippen LogP contribution in [0.25, 0.3) is 87.1 Å². The zero-order chi connectivity index (χ0) is 26.2. The molecule has 9 aromatic rings. The lowest BCUT2D eigenvalue weighted by Crippen LogP contribution is -1.92. The second kappa shape index (κ2) is 8.11. The third-order valence-electron chi connectivity index (χ3n) is 8.57. The van der Waals surface area contributed by atoms with Crippen LogP contribution in [0.2, 0.25) is 0 Å². The van der Waals surface area contributed by atoms with Crippen LogP contribution in [0.4, 0.5) is 0 Å². The van der Waals surface area contributed by atoms with E-state index < -0.39 is 0 Å². The van der Waals surface area contributed by atoms with Crippen LogP contribution in [-0.4, -0.2) is 4.98 Å². The van der Waals surface area contributed by atoms with E-state index in [1.165, 1.54) is 70.4 Å². The Morgan fingerprint density at radius 1 is 0.350 bits per heavy atom. The quantitative estimate of drug-likeness (QED) is 0.213. The molecule has 0 aliphatic carbocycles. The van der Waals surface area contributed by atoms with Gasteiger partial charge in [-0.2, -0.15) is 0 Å². The van der Waals surface area contributed by atoms with Crippen molar-refractivity contribution in [1.29, 1.82) is 0 Å². The van der Waals surface area contributed by atoms with Gasteiger partial charge in [-0.3, -0.25) is 0 Å². The smallest absolute Gasteiger partial charge is 0.0788 e. The van der Waals surface area contributed by atoms with Gasteiger partial charge in [0.1, 0.15) is 0 Å². The summed E-state index contributed by atoms with van der Waals surface area (Å²) in [5.41, 5.74) is 5.62. The average Bonchev–Trinajstić information content (AvgIpc) is 3.03. The fraction of sp³-hybridized carbons (Fsp3) is 0. The number of benzene rings is 8. The van der Waals surface area contributed by atoms with Gasteiger partial charge in [-0.05, 0) is 60.3 Å². The average molecular weight is 506 g/mol. The Morgan fingerprint density at radius 3 is 1.88 bits per heavy atom. The van der Waals surface area contributed by atoms with Crippen molar-refractivity contribution in [2.45, 2.75) is 0 Å². The van der Waals surface area contributed by atoms with Gasteiger partial charge in [0, 0.05) is 21.7 Å². The van der Waals surface area contributed by atoms with E-state index in [4.69, 9.17) is 4.98 Å². The summed E-state index contributed by atoms with van der Waals surface area (Å²) in [6.07, 6.45) is 0. The summed E-state index contributed by atoms with van der Waals surface area (Å²) in [5, 5.41) is 14.0. The standard InChI is InChI=1S/C39H23N/c1-2-8-28(9-3-1)39-34-22-15-24-7-4-5-12-31(24)38(34)33-21-18-29(23-35(33)40-39)30-19-16-27-14-13-25-10-6-11-26-17-20-32(30)37(27)36(25)26/h1-23H. The van der Waals surface area contributed by atoms with Crippen LogP contribution in [-0.2, 0) is 0 Å². The molecule has 0 spiro atoms. The molecule has 1 heteroatoms. The van der Waals surface area contributed by atoms with Crippen molar-refractivity contribution in [3.05, 3.63) is 140 Å². The van der Waals surface area contributed by atoms with Crippen molar-refractivity contribution < 1.29 is 0 Å². The van der Waals surface area contributed by atoms with Crippen LogP contribution in [0, 0.1) is 0 Å². The molecular weight excluding hydrogens is 482 g/mol. The summed E-state index contributed by atoms with van der Waals surface area (Å²) in [5.74, 6) is 0. The Labute approximate surface area is 231 Å². The molecule has 1 aromatic heterocycles. The molecular formula is C39H23N. The minimum atomic E-state index is 1.02. The summed E-state index contributed by atoms with van der Waals surface area (Å²) < 4.78 is 0. The maximum Gasteiger partial charge on any atom is 0.0788 e. The lowest BCUT2D eigenvalue weighted by molar-refractivity contribution is 1.43. The molecule has 0 radical (unpaired) electrons. The molecule has 0 N–H and O–H groups in total. The predicted molar refractivity (Wildman–Crippen MR) is 171 cm³/mol. The van der Waals surface area contributed by atoms with Crippen LogP contribution < -0.4 is 0 Å². The van der Waals surface area contributed by atoms with Gasteiger partial charge >= 0.3 is 0 Å². The first-order valence-corrected chi connectivity index (χ1v) is 13.8. The first-order valence-electron chi connectivity index (χ1n) is 13.8. The molecule has 9 rings (SSSR count). The van der Waals surface area contributed by atoms with E-state index in [0.717, 1.165) is 16.8 Å². The Hall–Kier alpha value is -5.27. The third kappa shape index (κ3) is 3.00. The van der Waals surface area contributed by atoms with Gasteiger partial charge in [0.15, 0.2) is 0 Å². The Balaban J connectivity index is 1.38. The summed E-state index contributed by atoms with van der Waals surface area (Å²) in [6, 6.07) is 50.7. The summed E-state index contributed by atoms with van der Waals surface area (Å²) in [4.78, 5) is 5.33. The number of hydrogen-bond donors (Lipinski definition) is 0. The largest absolute Gasteiger partial charge is 0.247 e. The minimum absolute atomic E-state index is 1.02. The van der Waals surface area contributed by atoms with Crippen molar-refractivity contribution >= 4 is 64.8 Å². The molecule has 0 aliphatic rings. The van der Waals surface area contributed by atoms with Gasteiger partial charge in [-0.25, -0.2) is 4.98 Å². The van der Waals surface area contributed by atoms with E-state index in [1.807, 2.05) is 0 Å². The Kier molecular flexibility index (Phi) is 4.39. The predicted octanol–water partition coefficient (Wildman–Crippen LogP) is 10.8. The molecule has 1 heterocycles. The van der Waals surface area contributed by atoms with E-state index >= 15 is 0 Å². The molecule has 0 bridgehead atoms. The molecule has 0 saturated heterocycles. The van der Waals surface area contributed by atoms with Gasteiger partial charge in [0.25, 0.3) is 0 Å². The lowest BCUT2D eigenvalue weighted by Gasteiger charge is -2.16. The topological polar surface area (TPSA) is 12.9 Å². The lowest BCUT2D eigenvalue weighted by atomic mass is 9.89. The van der Waals surface area contributed by atoms with Crippen molar-refractivity contribution in [2.24, 2.45) is 0 Å². The SMILES string of the molecule is c1ccc(-c2nc3cc(-c4ccc5ccc6cccc7ccc4c5c67)ccc3c3c2ccc2ccccc23)cc1. The minimum Gasteiger partial charge on any atom is -0.247 e. The third-order valence-corrected chi connectivity index (χ3v) is 8.57. The number of hydrogen-bond acceptors (Lipinski definition) is 1. The molecule has 0 unspecified atom stereocenters. The summed E-state index contributed by atoms with van der Waals surface area (Å²) in [7, 11) is 0. The van der Waals surface area contributed by atoms with E-state index in [-0.39, 0.29) is 0 Å². The number of rotatable bonds is 2. The van der Waals surface area contributed by atoms with Crippen LogP contribution in [0.5, 0.6) is 0 Å². The normalized spacial score (nSPS) is 12.0. The van der Waals surface area contributed by atoms with E-state index in [9.17, 15) is 0 Å². The fourth-order valence-corrected chi connectivity index (χ4v) is 6.75.